The number of rotatable bonds is 5. The molecule has 128 valence electrons. The van der Waals surface area contributed by atoms with E-state index >= 15 is 0 Å². The minimum atomic E-state index is 0.219. The molecule has 1 aliphatic rings. The summed E-state index contributed by atoms with van der Waals surface area (Å²) in [5.74, 6) is 2.18. The predicted molar refractivity (Wildman–Crippen MR) is 88.4 cm³/mol. The minimum Gasteiger partial charge on any atom is -0.497 e. The van der Waals surface area contributed by atoms with Gasteiger partial charge in [-0.15, -0.1) is 0 Å². The Morgan fingerprint density at radius 2 is 1.92 bits per heavy atom. The van der Waals surface area contributed by atoms with Crippen LogP contribution in [0.5, 0.6) is 5.75 Å². The molecule has 7 heteroatoms. The fourth-order valence-corrected chi connectivity index (χ4v) is 2.75. The largest absolute Gasteiger partial charge is 0.497 e. The Kier molecular flexibility index (Phi) is 5.10. The van der Waals surface area contributed by atoms with Crippen LogP contribution in [0.4, 0.5) is 0 Å². The van der Waals surface area contributed by atoms with Crippen molar-refractivity contribution in [3.05, 3.63) is 30.1 Å². The van der Waals surface area contributed by atoms with Crippen LogP contribution in [0.25, 0.3) is 11.5 Å². The highest BCUT2D eigenvalue weighted by atomic mass is 16.5. The molecule has 7 nitrogen and oxygen atoms in total. The molecular formula is C17H22N4O3. The molecule has 1 aromatic heterocycles. The van der Waals surface area contributed by atoms with Crippen LogP contribution in [-0.2, 0) is 11.3 Å². The van der Waals surface area contributed by atoms with Crippen LogP contribution in [0.3, 0.4) is 0 Å². The standard InChI is InChI=1S/C17H22N4O3/c1-3-16(22)21-10-8-20(9-11-21)12-15-18-17(24-19-15)13-4-6-14(23-2)7-5-13/h4-7H,3,8-12H2,1-2H3. The van der Waals surface area contributed by atoms with E-state index in [1.807, 2.05) is 36.1 Å². The molecule has 0 unspecified atom stereocenters. The second-order valence-electron chi connectivity index (χ2n) is 5.75. The second kappa shape index (κ2) is 7.44. The molecule has 1 aliphatic heterocycles. The quantitative estimate of drug-likeness (QED) is 0.832. The lowest BCUT2D eigenvalue weighted by Crippen LogP contribution is -2.48. The van der Waals surface area contributed by atoms with Gasteiger partial charge in [-0.1, -0.05) is 12.1 Å². The molecule has 1 saturated heterocycles. The van der Waals surface area contributed by atoms with Crippen molar-refractivity contribution in [2.45, 2.75) is 19.9 Å². The average Bonchev–Trinajstić information content (AvgIpc) is 3.10. The molecule has 0 aliphatic carbocycles. The van der Waals surface area contributed by atoms with Gasteiger partial charge in [0, 0.05) is 38.2 Å². The first-order valence-electron chi connectivity index (χ1n) is 8.16. The molecule has 0 radical (unpaired) electrons. The number of ether oxygens (including phenoxy) is 1. The average molecular weight is 330 g/mol. The summed E-state index contributed by atoms with van der Waals surface area (Å²) in [6, 6.07) is 7.52. The van der Waals surface area contributed by atoms with Gasteiger partial charge in [-0.3, -0.25) is 9.69 Å². The Morgan fingerprint density at radius 1 is 1.21 bits per heavy atom. The number of carbonyl (C=O) groups is 1. The van der Waals surface area contributed by atoms with Gasteiger partial charge >= 0.3 is 0 Å². The van der Waals surface area contributed by atoms with E-state index < -0.39 is 0 Å². The smallest absolute Gasteiger partial charge is 0.257 e. The van der Waals surface area contributed by atoms with Gasteiger partial charge in [-0.05, 0) is 24.3 Å². The molecule has 24 heavy (non-hydrogen) atoms. The lowest BCUT2D eigenvalue weighted by atomic mass is 10.2. The summed E-state index contributed by atoms with van der Waals surface area (Å²) in [6.07, 6.45) is 0.566. The van der Waals surface area contributed by atoms with Gasteiger partial charge in [0.25, 0.3) is 5.89 Å². The van der Waals surface area contributed by atoms with E-state index in [4.69, 9.17) is 9.26 Å². The Bertz CT molecular complexity index is 675. The highest BCUT2D eigenvalue weighted by molar-refractivity contribution is 5.75. The van der Waals surface area contributed by atoms with Gasteiger partial charge < -0.3 is 14.2 Å². The van der Waals surface area contributed by atoms with Crippen LogP contribution in [0.2, 0.25) is 0 Å². The first-order chi connectivity index (χ1) is 11.7. The number of benzene rings is 1. The van der Waals surface area contributed by atoms with Crippen LogP contribution >= 0.6 is 0 Å². The number of piperazine rings is 1. The molecule has 0 saturated carbocycles. The summed E-state index contributed by atoms with van der Waals surface area (Å²) in [5, 5.41) is 4.06. The number of hydrogen-bond donors (Lipinski definition) is 0. The monoisotopic (exact) mass is 330 g/mol. The van der Waals surface area contributed by atoms with Crippen molar-refractivity contribution in [1.82, 2.24) is 19.9 Å². The van der Waals surface area contributed by atoms with Crippen LogP contribution in [0, 0.1) is 0 Å². The lowest BCUT2D eigenvalue weighted by molar-refractivity contribution is -0.132. The molecule has 3 rings (SSSR count). The summed E-state index contributed by atoms with van der Waals surface area (Å²) in [5.41, 5.74) is 0.868. The Morgan fingerprint density at radius 3 is 2.54 bits per heavy atom. The summed E-state index contributed by atoms with van der Waals surface area (Å²) in [4.78, 5) is 20.3. The fourth-order valence-electron chi connectivity index (χ4n) is 2.75. The van der Waals surface area contributed by atoms with Gasteiger partial charge in [0.2, 0.25) is 5.91 Å². The topological polar surface area (TPSA) is 71.7 Å². The van der Waals surface area contributed by atoms with Crippen molar-refractivity contribution in [1.29, 1.82) is 0 Å². The first kappa shape index (κ1) is 16.4. The van der Waals surface area contributed by atoms with Crippen LogP contribution in [0.1, 0.15) is 19.2 Å². The van der Waals surface area contributed by atoms with Gasteiger partial charge in [0.15, 0.2) is 5.82 Å². The van der Waals surface area contributed by atoms with E-state index in [9.17, 15) is 4.79 Å². The number of nitrogens with zero attached hydrogens (tertiary/aromatic N) is 4. The predicted octanol–water partition coefficient (Wildman–Crippen LogP) is 1.80. The summed E-state index contributed by atoms with van der Waals surface area (Å²) >= 11 is 0. The van der Waals surface area contributed by atoms with Crippen molar-refractivity contribution < 1.29 is 14.1 Å². The second-order valence-corrected chi connectivity index (χ2v) is 5.75. The van der Waals surface area contributed by atoms with E-state index in [0.717, 1.165) is 37.5 Å². The van der Waals surface area contributed by atoms with E-state index in [-0.39, 0.29) is 5.91 Å². The number of methoxy groups -OCH3 is 1. The molecule has 2 heterocycles. The van der Waals surface area contributed by atoms with E-state index in [0.29, 0.717) is 24.7 Å². The van der Waals surface area contributed by atoms with E-state index in [2.05, 4.69) is 15.0 Å². The summed E-state index contributed by atoms with van der Waals surface area (Å²) in [6.45, 7) is 5.71. The maximum Gasteiger partial charge on any atom is 0.257 e. The number of aromatic nitrogens is 2. The first-order valence-corrected chi connectivity index (χ1v) is 8.16. The SMILES string of the molecule is CCC(=O)N1CCN(Cc2noc(-c3ccc(OC)cc3)n2)CC1. The molecule has 1 fully saturated rings. The third-order valence-corrected chi connectivity index (χ3v) is 4.20. The van der Waals surface area contributed by atoms with Gasteiger partial charge in [0.05, 0.1) is 13.7 Å². The zero-order valence-electron chi connectivity index (χ0n) is 14.1. The normalized spacial score (nSPS) is 15.5. The summed E-state index contributed by atoms with van der Waals surface area (Å²) < 4.78 is 10.5. The molecule has 2 aromatic rings. The molecule has 0 bridgehead atoms. The molecule has 0 spiro atoms. The van der Waals surface area contributed by atoms with Crippen LogP contribution in [-0.4, -0.2) is 59.1 Å². The number of hydrogen-bond acceptors (Lipinski definition) is 6. The third-order valence-electron chi connectivity index (χ3n) is 4.20. The fraction of sp³-hybridized carbons (Fsp3) is 0.471. The van der Waals surface area contributed by atoms with E-state index in [1.54, 1.807) is 7.11 Å². The van der Waals surface area contributed by atoms with Crippen molar-refractivity contribution >= 4 is 5.91 Å². The van der Waals surface area contributed by atoms with Crippen molar-refractivity contribution in [3.8, 4) is 17.2 Å². The molecule has 0 N–H and O–H groups in total. The molecule has 1 amide bonds. The molecule has 1 aromatic carbocycles. The van der Waals surface area contributed by atoms with Crippen molar-refractivity contribution in [3.63, 3.8) is 0 Å². The zero-order chi connectivity index (χ0) is 16.9. The highest BCUT2D eigenvalue weighted by Crippen LogP contribution is 2.21. The Labute approximate surface area is 141 Å². The maximum atomic E-state index is 11.7. The Balaban J connectivity index is 1.57. The van der Waals surface area contributed by atoms with Crippen molar-refractivity contribution in [2.24, 2.45) is 0 Å². The molecule has 0 atom stereocenters. The number of amides is 1. The third kappa shape index (κ3) is 3.73. The van der Waals surface area contributed by atoms with Gasteiger partial charge in [-0.2, -0.15) is 4.98 Å². The van der Waals surface area contributed by atoms with Gasteiger partial charge in [-0.25, -0.2) is 0 Å². The van der Waals surface area contributed by atoms with Gasteiger partial charge in [0.1, 0.15) is 5.75 Å². The number of carbonyl (C=O) groups excluding carboxylic acids is 1. The minimum absolute atomic E-state index is 0.219. The highest BCUT2D eigenvalue weighted by Gasteiger charge is 2.21. The lowest BCUT2D eigenvalue weighted by Gasteiger charge is -2.33. The maximum absolute atomic E-state index is 11.7. The Hall–Kier alpha value is -2.41. The van der Waals surface area contributed by atoms with Crippen LogP contribution < -0.4 is 4.74 Å². The zero-order valence-corrected chi connectivity index (χ0v) is 14.1. The van der Waals surface area contributed by atoms with Crippen molar-refractivity contribution in [2.75, 3.05) is 33.3 Å². The van der Waals surface area contributed by atoms with Crippen LogP contribution in [0.15, 0.2) is 28.8 Å². The molecular weight excluding hydrogens is 308 g/mol. The van der Waals surface area contributed by atoms with E-state index in [1.165, 1.54) is 0 Å². The summed E-state index contributed by atoms with van der Waals surface area (Å²) in [7, 11) is 1.63.